The molecule has 0 aliphatic heterocycles. The Morgan fingerprint density at radius 1 is 1.17 bits per heavy atom. The molecule has 1 rings (SSSR count). The number of carbonyl (C=O) groups is 2. The van der Waals surface area contributed by atoms with Crippen LogP contribution in [0.2, 0.25) is 0 Å². The number of hydrogen-bond donors (Lipinski definition) is 2. The molecule has 0 spiro atoms. The van der Waals surface area contributed by atoms with Crippen LogP contribution in [0.25, 0.3) is 0 Å². The van der Waals surface area contributed by atoms with Crippen molar-refractivity contribution in [3.05, 3.63) is 29.8 Å². The van der Waals surface area contributed by atoms with E-state index in [4.69, 9.17) is 10.5 Å². The number of aryl methyl sites for hydroxylation is 1. The Balaban J connectivity index is 2.26. The minimum absolute atomic E-state index is 0.378. The van der Waals surface area contributed by atoms with Crippen LogP contribution in [-0.2, 0) is 11.2 Å². The third-order valence-corrected chi connectivity index (χ3v) is 3.21. The van der Waals surface area contributed by atoms with E-state index < -0.39 is 11.6 Å². The second-order valence-corrected chi connectivity index (χ2v) is 6.45. The van der Waals surface area contributed by atoms with Gasteiger partial charge in [0.25, 0.3) is 0 Å². The zero-order valence-electron chi connectivity index (χ0n) is 14.4. The van der Waals surface area contributed by atoms with E-state index in [-0.39, 0.29) is 6.09 Å². The first-order valence-electron chi connectivity index (χ1n) is 7.78. The summed E-state index contributed by atoms with van der Waals surface area (Å²) in [6, 6.07) is 7.23. The van der Waals surface area contributed by atoms with E-state index in [2.05, 4.69) is 5.32 Å². The summed E-state index contributed by atoms with van der Waals surface area (Å²) >= 11 is 0. The summed E-state index contributed by atoms with van der Waals surface area (Å²) < 4.78 is 5.16. The SMILES string of the molecule is CN(C(N)=O)c1ccc(CCCCNC(=O)OC(C)(C)C)cc1. The lowest BCUT2D eigenvalue weighted by atomic mass is 10.1. The number of unbranched alkanes of at least 4 members (excludes halogenated alkanes) is 1. The lowest BCUT2D eigenvalue weighted by Gasteiger charge is -2.19. The Morgan fingerprint density at radius 3 is 2.30 bits per heavy atom. The number of carbonyl (C=O) groups excluding carboxylic acids is 2. The second kappa shape index (κ2) is 8.41. The van der Waals surface area contributed by atoms with Gasteiger partial charge in [-0.3, -0.25) is 4.90 Å². The van der Waals surface area contributed by atoms with Crippen LogP contribution in [0.1, 0.15) is 39.2 Å². The molecular weight excluding hydrogens is 294 g/mol. The quantitative estimate of drug-likeness (QED) is 0.790. The van der Waals surface area contributed by atoms with Crippen LogP contribution in [0.15, 0.2) is 24.3 Å². The number of nitrogens with zero attached hydrogens (tertiary/aromatic N) is 1. The molecule has 6 heteroatoms. The number of nitrogens with two attached hydrogens (primary N) is 1. The molecule has 128 valence electrons. The molecule has 3 amide bonds. The molecule has 0 fully saturated rings. The van der Waals surface area contributed by atoms with E-state index in [0.717, 1.165) is 24.9 Å². The molecule has 0 aliphatic carbocycles. The van der Waals surface area contributed by atoms with E-state index in [0.29, 0.717) is 6.54 Å². The first-order valence-corrected chi connectivity index (χ1v) is 7.78. The number of benzene rings is 1. The zero-order valence-corrected chi connectivity index (χ0v) is 14.4. The summed E-state index contributed by atoms with van der Waals surface area (Å²) in [7, 11) is 1.64. The highest BCUT2D eigenvalue weighted by Gasteiger charge is 2.15. The van der Waals surface area contributed by atoms with Gasteiger partial charge in [-0.15, -0.1) is 0 Å². The van der Waals surface area contributed by atoms with E-state index >= 15 is 0 Å². The van der Waals surface area contributed by atoms with Crippen LogP contribution in [-0.4, -0.2) is 31.3 Å². The Morgan fingerprint density at radius 2 is 1.78 bits per heavy atom. The number of alkyl carbamates (subject to hydrolysis) is 1. The molecule has 0 atom stereocenters. The van der Waals surface area contributed by atoms with Crippen molar-refractivity contribution in [2.75, 3.05) is 18.5 Å². The number of urea groups is 1. The number of amides is 3. The molecule has 6 nitrogen and oxygen atoms in total. The van der Waals surface area contributed by atoms with Crippen molar-refractivity contribution >= 4 is 17.8 Å². The average Bonchev–Trinajstić information content (AvgIpc) is 2.45. The van der Waals surface area contributed by atoms with E-state index in [9.17, 15) is 9.59 Å². The molecule has 0 aromatic heterocycles. The van der Waals surface area contributed by atoms with E-state index in [1.807, 2.05) is 45.0 Å². The molecule has 0 saturated heterocycles. The molecule has 0 bridgehead atoms. The minimum atomic E-state index is -0.481. The Bertz CT molecular complexity index is 521. The summed E-state index contributed by atoms with van der Waals surface area (Å²) in [5, 5.41) is 2.74. The third kappa shape index (κ3) is 7.54. The lowest BCUT2D eigenvalue weighted by Crippen LogP contribution is -2.33. The molecule has 0 unspecified atom stereocenters. The maximum Gasteiger partial charge on any atom is 0.407 e. The molecule has 3 N–H and O–H groups in total. The highest BCUT2D eigenvalue weighted by molar-refractivity contribution is 5.89. The van der Waals surface area contributed by atoms with Gasteiger partial charge in [-0.2, -0.15) is 0 Å². The van der Waals surface area contributed by atoms with E-state index in [1.165, 1.54) is 10.5 Å². The second-order valence-electron chi connectivity index (χ2n) is 6.45. The van der Waals surface area contributed by atoms with Crippen LogP contribution < -0.4 is 16.0 Å². The molecule has 1 aromatic rings. The van der Waals surface area contributed by atoms with Gasteiger partial charge in [0, 0.05) is 19.3 Å². The predicted octanol–water partition coefficient (Wildman–Crippen LogP) is 3.05. The third-order valence-electron chi connectivity index (χ3n) is 3.21. The van der Waals surface area contributed by atoms with Crippen molar-refractivity contribution in [3.8, 4) is 0 Å². The average molecular weight is 321 g/mol. The van der Waals surface area contributed by atoms with E-state index in [1.54, 1.807) is 7.05 Å². The fraction of sp³-hybridized carbons (Fsp3) is 0.529. The van der Waals surface area contributed by atoms with Gasteiger partial charge in [0.2, 0.25) is 0 Å². The number of nitrogens with one attached hydrogen (secondary N) is 1. The summed E-state index contributed by atoms with van der Waals surface area (Å²) in [6.45, 7) is 6.11. The summed E-state index contributed by atoms with van der Waals surface area (Å²) in [5.74, 6) is 0. The zero-order chi connectivity index (χ0) is 17.5. The number of primary amides is 1. The lowest BCUT2D eigenvalue weighted by molar-refractivity contribution is 0.0527. The Labute approximate surface area is 138 Å². The molecule has 0 saturated carbocycles. The van der Waals surface area contributed by atoms with Gasteiger partial charge >= 0.3 is 12.1 Å². The highest BCUT2D eigenvalue weighted by atomic mass is 16.6. The van der Waals surface area contributed by atoms with Crippen molar-refractivity contribution in [2.45, 2.75) is 45.6 Å². The number of rotatable bonds is 6. The van der Waals surface area contributed by atoms with Crippen LogP contribution >= 0.6 is 0 Å². The Kier molecular flexibility index (Phi) is 6.88. The maximum absolute atomic E-state index is 11.5. The summed E-state index contributed by atoms with van der Waals surface area (Å²) in [5.41, 5.74) is 6.71. The topological polar surface area (TPSA) is 84.7 Å². The smallest absolute Gasteiger partial charge is 0.407 e. The standard InChI is InChI=1S/C17H27N3O3/c1-17(2,3)23-16(22)19-12-6-5-7-13-8-10-14(11-9-13)20(4)15(18)21/h8-11H,5-7,12H2,1-4H3,(H2,18,21)(H,19,22). The molecular formula is C17H27N3O3. The number of ether oxygens (including phenoxy) is 1. The fourth-order valence-corrected chi connectivity index (χ4v) is 1.97. The van der Waals surface area contributed by atoms with Crippen LogP contribution in [0, 0.1) is 0 Å². The highest BCUT2D eigenvalue weighted by Crippen LogP contribution is 2.15. The minimum Gasteiger partial charge on any atom is -0.444 e. The van der Waals surface area contributed by atoms with Crippen molar-refractivity contribution in [2.24, 2.45) is 5.73 Å². The van der Waals surface area contributed by atoms with Crippen LogP contribution in [0.4, 0.5) is 15.3 Å². The van der Waals surface area contributed by atoms with Crippen molar-refractivity contribution in [1.29, 1.82) is 0 Å². The molecule has 0 radical (unpaired) electrons. The van der Waals surface area contributed by atoms with Gasteiger partial charge < -0.3 is 15.8 Å². The van der Waals surface area contributed by atoms with Crippen molar-refractivity contribution in [1.82, 2.24) is 5.32 Å². The maximum atomic E-state index is 11.5. The fourth-order valence-electron chi connectivity index (χ4n) is 1.97. The van der Waals surface area contributed by atoms with Gasteiger partial charge in [-0.25, -0.2) is 9.59 Å². The summed E-state index contributed by atoms with van der Waals surface area (Å²) in [4.78, 5) is 23.9. The van der Waals surface area contributed by atoms with Gasteiger partial charge in [-0.05, 0) is 57.7 Å². The van der Waals surface area contributed by atoms with Crippen LogP contribution in [0.3, 0.4) is 0 Å². The van der Waals surface area contributed by atoms with Gasteiger partial charge in [0.1, 0.15) is 5.60 Å². The number of anilines is 1. The molecule has 0 aliphatic rings. The van der Waals surface area contributed by atoms with Gasteiger partial charge in [-0.1, -0.05) is 12.1 Å². The number of hydrogen-bond acceptors (Lipinski definition) is 3. The molecule has 0 heterocycles. The largest absolute Gasteiger partial charge is 0.444 e. The van der Waals surface area contributed by atoms with Crippen molar-refractivity contribution < 1.29 is 14.3 Å². The van der Waals surface area contributed by atoms with Crippen LogP contribution in [0.5, 0.6) is 0 Å². The summed E-state index contributed by atoms with van der Waals surface area (Å²) in [6.07, 6.45) is 2.37. The van der Waals surface area contributed by atoms with Gasteiger partial charge in [0.05, 0.1) is 0 Å². The first-order chi connectivity index (χ1) is 10.7. The normalized spacial score (nSPS) is 11.0. The molecule has 1 aromatic carbocycles. The Hall–Kier alpha value is -2.24. The van der Waals surface area contributed by atoms with Gasteiger partial charge in [0.15, 0.2) is 0 Å². The molecule has 23 heavy (non-hydrogen) atoms. The first kappa shape index (κ1) is 18.8. The monoisotopic (exact) mass is 321 g/mol. The predicted molar refractivity (Wildman–Crippen MR) is 91.6 cm³/mol. The van der Waals surface area contributed by atoms with Crippen molar-refractivity contribution in [3.63, 3.8) is 0 Å².